The summed E-state index contributed by atoms with van der Waals surface area (Å²) in [7, 11) is 0. The number of hydrogen-bond donors (Lipinski definition) is 2. The molecule has 0 spiro atoms. The minimum Gasteiger partial charge on any atom is -0.480 e. The Hall–Kier alpha value is -1.59. The van der Waals surface area contributed by atoms with Crippen molar-refractivity contribution in [3.8, 4) is 0 Å². The third kappa shape index (κ3) is 4.95. The van der Waals surface area contributed by atoms with Crippen LogP contribution in [0.2, 0.25) is 5.02 Å². The number of carbonyl (C=O) groups is 2. The number of nitrogens with one attached hydrogen (secondary N) is 1. The summed E-state index contributed by atoms with van der Waals surface area (Å²) in [4.78, 5) is 25.6. The van der Waals surface area contributed by atoms with Gasteiger partial charge in [-0.05, 0) is 56.2 Å². The number of rotatable bonds is 8. The molecule has 1 aromatic carbocycles. The summed E-state index contributed by atoms with van der Waals surface area (Å²) in [6.07, 6.45) is 4.07. The van der Waals surface area contributed by atoms with Crippen molar-refractivity contribution in [3.63, 3.8) is 0 Å². The van der Waals surface area contributed by atoms with Crippen LogP contribution in [0.4, 0.5) is 0 Å². The van der Waals surface area contributed by atoms with E-state index in [0.29, 0.717) is 10.9 Å². The van der Waals surface area contributed by atoms with Gasteiger partial charge in [-0.25, -0.2) is 0 Å². The minimum absolute atomic E-state index is 0.00214. The monoisotopic (exact) mass is 364 g/mol. The molecule has 2 fully saturated rings. The van der Waals surface area contributed by atoms with E-state index in [4.69, 9.17) is 16.7 Å². The summed E-state index contributed by atoms with van der Waals surface area (Å²) in [6, 6.07) is 7.77. The molecule has 5 nitrogen and oxygen atoms in total. The molecule has 2 aliphatic carbocycles. The van der Waals surface area contributed by atoms with Crippen molar-refractivity contribution in [2.75, 3.05) is 13.1 Å². The van der Waals surface area contributed by atoms with Gasteiger partial charge in [-0.2, -0.15) is 0 Å². The lowest BCUT2D eigenvalue weighted by molar-refractivity contribution is -0.140. The van der Waals surface area contributed by atoms with Crippen LogP contribution in [0.15, 0.2) is 24.3 Å². The van der Waals surface area contributed by atoms with Gasteiger partial charge in [0.05, 0.1) is 12.5 Å². The van der Waals surface area contributed by atoms with Crippen molar-refractivity contribution in [2.24, 2.45) is 5.92 Å². The Kier molecular flexibility index (Phi) is 5.64. The Morgan fingerprint density at radius 1 is 1.36 bits per heavy atom. The average Bonchev–Trinajstić information content (AvgIpc) is 3.32. The van der Waals surface area contributed by atoms with Crippen molar-refractivity contribution in [1.82, 2.24) is 10.2 Å². The summed E-state index contributed by atoms with van der Waals surface area (Å²) < 4.78 is 0. The second-order valence-corrected chi connectivity index (χ2v) is 7.81. The highest BCUT2D eigenvalue weighted by molar-refractivity contribution is 6.30. The maximum Gasteiger partial charge on any atom is 0.317 e. The highest BCUT2D eigenvalue weighted by Crippen LogP contribution is 2.34. The third-order valence-corrected chi connectivity index (χ3v) is 5.48. The number of benzene rings is 1. The molecule has 0 saturated heterocycles. The van der Waals surface area contributed by atoms with Crippen LogP contribution in [0.3, 0.4) is 0 Å². The standard InChI is InChI=1S/C19H25ClN2O3/c1-12(14-3-2-4-15(20)7-14)19(25)21-16-8-17(9-16)22(11-18(23)24)10-13-5-6-13/h2-4,7,12-13,16-17H,5-6,8-11H2,1H3,(H,21,25)(H,23,24). The number of carboxylic acids is 1. The molecule has 0 heterocycles. The van der Waals surface area contributed by atoms with Crippen molar-refractivity contribution in [2.45, 2.75) is 50.6 Å². The quantitative estimate of drug-likeness (QED) is 0.744. The molecule has 1 aromatic rings. The normalized spacial score (nSPS) is 23.8. The highest BCUT2D eigenvalue weighted by Gasteiger charge is 2.38. The first-order valence-corrected chi connectivity index (χ1v) is 9.32. The Labute approximate surface area is 153 Å². The van der Waals surface area contributed by atoms with Gasteiger partial charge in [0, 0.05) is 23.7 Å². The van der Waals surface area contributed by atoms with Gasteiger partial charge in [0.15, 0.2) is 0 Å². The van der Waals surface area contributed by atoms with Crippen LogP contribution in [-0.4, -0.2) is 47.1 Å². The summed E-state index contributed by atoms with van der Waals surface area (Å²) in [5.41, 5.74) is 0.905. The van der Waals surface area contributed by atoms with Crippen molar-refractivity contribution < 1.29 is 14.7 Å². The molecule has 0 radical (unpaired) electrons. The first-order chi connectivity index (χ1) is 11.9. The molecule has 0 bridgehead atoms. The first-order valence-electron chi connectivity index (χ1n) is 8.94. The van der Waals surface area contributed by atoms with Crippen LogP contribution in [0.1, 0.15) is 44.1 Å². The second kappa shape index (κ2) is 7.75. The minimum atomic E-state index is -0.775. The first kappa shape index (κ1) is 18.2. The lowest BCUT2D eigenvalue weighted by atomic mass is 9.84. The molecule has 2 N–H and O–H groups in total. The Bertz CT molecular complexity index is 641. The van der Waals surface area contributed by atoms with Gasteiger partial charge >= 0.3 is 5.97 Å². The van der Waals surface area contributed by atoms with Crippen molar-refractivity contribution in [1.29, 1.82) is 0 Å². The summed E-state index contributed by atoms with van der Waals surface area (Å²) in [5.74, 6) is -0.365. The second-order valence-electron chi connectivity index (χ2n) is 7.37. The fraction of sp³-hybridized carbons (Fsp3) is 0.579. The van der Waals surface area contributed by atoms with E-state index in [1.54, 1.807) is 6.07 Å². The fourth-order valence-electron chi connectivity index (χ4n) is 3.41. The van der Waals surface area contributed by atoms with Crippen LogP contribution in [0.25, 0.3) is 0 Å². The third-order valence-electron chi connectivity index (χ3n) is 5.25. The number of nitrogens with zero attached hydrogens (tertiary/aromatic N) is 1. The van der Waals surface area contributed by atoms with Gasteiger partial charge in [-0.15, -0.1) is 0 Å². The smallest absolute Gasteiger partial charge is 0.317 e. The van der Waals surface area contributed by atoms with Gasteiger partial charge in [0.25, 0.3) is 0 Å². The molecule has 136 valence electrons. The van der Waals surface area contributed by atoms with E-state index in [9.17, 15) is 9.59 Å². The maximum atomic E-state index is 12.4. The van der Waals surface area contributed by atoms with Crippen molar-refractivity contribution >= 4 is 23.5 Å². The summed E-state index contributed by atoms with van der Waals surface area (Å²) in [5, 5.41) is 12.8. The fourth-order valence-corrected chi connectivity index (χ4v) is 3.60. The van der Waals surface area contributed by atoms with E-state index in [1.807, 2.05) is 25.1 Å². The van der Waals surface area contributed by atoms with Gasteiger partial charge in [0.2, 0.25) is 5.91 Å². The van der Waals surface area contributed by atoms with E-state index in [2.05, 4.69) is 10.2 Å². The summed E-state index contributed by atoms with van der Waals surface area (Å²) >= 11 is 5.99. The summed E-state index contributed by atoms with van der Waals surface area (Å²) in [6.45, 7) is 2.85. The van der Waals surface area contributed by atoms with E-state index in [0.717, 1.165) is 24.9 Å². The van der Waals surface area contributed by atoms with Crippen molar-refractivity contribution in [3.05, 3.63) is 34.9 Å². The lowest BCUT2D eigenvalue weighted by Crippen LogP contribution is -2.55. The van der Waals surface area contributed by atoms with E-state index in [-0.39, 0.29) is 30.5 Å². The zero-order chi connectivity index (χ0) is 18.0. The zero-order valence-corrected chi connectivity index (χ0v) is 15.2. The Morgan fingerprint density at radius 2 is 2.08 bits per heavy atom. The van der Waals surface area contributed by atoms with Crippen LogP contribution in [0.5, 0.6) is 0 Å². The van der Waals surface area contributed by atoms with Crippen LogP contribution in [-0.2, 0) is 9.59 Å². The Morgan fingerprint density at radius 3 is 2.68 bits per heavy atom. The predicted molar refractivity (Wildman–Crippen MR) is 96.8 cm³/mol. The largest absolute Gasteiger partial charge is 0.480 e. The van der Waals surface area contributed by atoms with Crippen LogP contribution in [0, 0.1) is 5.92 Å². The molecule has 1 amide bonds. The molecule has 6 heteroatoms. The number of halogens is 1. The molecule has 1 unspecified atom stereocenters. The molecule has 25 heavy (non-hydrogen) atoms. The van der Waals surface area contributed by atoms with Gasteiger partial charge < -0.3 is 10.4 Å². The highest BCUT2D eigenvalue weighted by atomic mass is 35.5. The van der Waals surface area contributed by atoms with Gasteiger partial charge in [-0.1, -0.05) is 23.7 Å². The number of hydrogen-bond acceptors (Lipinski definition) is 3. The SMILES string of the molecule is CC(C(=O)NC1CC(N(CC(=O)O)CC2CC2)C1)c1cccc(Cl)c1. The topological polar surface area (TPSA) is 69.6 Å². The molecule has 2 aliphatic rings. The lowest BCUT2D eigenvalue weighted by Gasteiger charge is -2.43. The average molecular weight is 365 g/mol. The van der Waals surface area contributed by atoms with Gasteiger partial charge in [0.1, 0.15) is 0 Å². The van der Waals surface area contributed by atoms with E-state index < -0.39 is 5.97 Å². The molecular weight excluding hydrogens is 340 g/mol. The number of carboxylic acid groups (broad SMARTS) is 1. The molecule has 0 aliphatic heterocycles. The molecule has 0 aromatic heterocycles. The van der Waals surface area contributed by atoms with Gasteiger partial charge in [-0.3, -0.25) is 14.5 Å². The zero-order valence-electron chi connectivity index (χ0n) is 14.5. The van der Waals surface area contributed by atoms with Crippen LogP contribution < -0.4 is 5.32 Å². The molecule has 3 rings (SSSR count). The number of amides is 1. The van der Waals surface area contributed by atoms with E-state index in [1.165, 1.54) is 12.8 Å². The maximum absolute atomic E-state index is 12.4. The Balaban J connectivity index is 1.48. The predicted octanol–water partition coefficient (Wildman–Crippen LogP) is 2.89. The molecule has 1 atom stereocenters. The van der Waals surface area contributed by atoms with E-state index >= 15 is 0 Å². The number of carbonyl (C=O) groups excluding carboxylic acids is 1. The molecule has 2 saturated carbocycles. The molecular formula is C19H25ClN2O3. The van der Waals surface area contributed by atoms with Crippen LogP contribution >= 0.6 is 11.6 Å². The number of aliphatic carboxylic acids is 1.